The highest BCUT2D eigenvalue weighted by atomic mass is 16.5. The Bertz CT molecular complexity index is 269. The van der Waals surface area contributed by atoms with Gasteiger partial charge in [-0.15, -0.1) is 0 Å². The molecule has 0 saturated carbocycles. The van der Waals surface area contributed by atoms with Crippen LogP contribution in [-0.4, -0.2) is 24.9 Å². The molecule has 0 aliphatic heterocycles. The van der Waals surface area contributed by atoms with Crippen molar-refractivity contribution in [1.29, 1.82) is 0 Å². The quantitative estimate of drug-likeness (QED) is 0.780. The summed E-state index contributed by atoms with van der Waals surface area (Å²) in [4.78, 5) is 0. The van der Waals surface area contributed by atoms with Crippen molar-refractivity contribution in [2.75, 3.05) is 13.7 Å². The highest BCUT2D eigenvalue weighted by molar-refractivity contribution is 5.26. The van der Waals surface area contributed by atoms with Gasteiger partial charge in [-0.05, 0) is 24.1 Å². The van der Waals surface area contributed by atoms with Crippen molar-refractivity contribution in [3.8, 4) is 5.75 Å². The fraction of sp³-hybridized carbons (Fsp3) is 0.500. The molecule has 0 heterocycles. The second-order valence-corrected chi connectivity index (χ2v) is 3.43. The van der Waals surface area contributed by atoms with E-state index in [0.29, 0.717) is 13.2 Å². The summed E-state index contributed by atoms with van der Waals surface area (Å²) >= 11 is 0. The summed E-state index contributed by atoms with van der Waals surface area (Å²) in [7, 11) is 1.64. The summed E-state index contributed by atoms with van der Waals surface area (Å²) in [6, 6.07) is 7.71. The predicted molar refractivity (Wildman–Crippen MR) is 58.9 cm³/mol. The summed E-state index contributed by atoms with van der Waals surface area (Å²) < 4.78 is 10.4. The van der Waals surface area contributed by atoms with Gasteiger partial charge in [0.1, 0.15) is 5.75 Å². The van der Waals surface area contributed by atoms with Gasteiger partial charge in [-0.2, -0.15) is 0 Å². The Balaban J connectivity index is 2.31. The number of benzene rings is 1. The summed E-state index contributed by atoms with van der Waals surface area (Å²) in [6.45, 7) is 2.85. The maximum Gasteiger partial charge on any atom is 0.118 e. The van der Waals surface area contributed by atoms with Crippen molar-refractivity contribution in [3.05, 3.63) is 29.8 Å². The molecule has 84 valence electrons. The first-order valence-electron chi connectivity index (χ1n) is 5.15. The smallest absolute Gasteiger partial charge is 0.118 e. The average molecular weight is 210 g/mol. The van der Waals surface area contributed by atoms with Gasteiger partial charge in [0.25, 0.3) is 0 Å². The molecule has 0 fully saturated rings. The number of rotatable bonds is 6. The minimum atomic E-state index is -0.358. The number of hydrogen-bond acceptors (Lipinski definition) is 3. The zero-order valence-corrected chi connectivity index (χ0v) is 9.27. The third-order valence-corrected chi connectivity index (χ3v) is 2.21. The second-order valence-electron chi connectivity index (χ2n) is 3.43. The molecule has 1 atom stereocenters. The Labute approximate surface area is 90.6 Å². The van der Waals surface area contributed by atoms with E-state index in [0.717, 1.165) is 17.7 Å². The van der Waals surface area contributed by atoms with Crippen LogP contribution < -0.4 is 4.74 Å². The Hall–Kier alpha value is -1.06. The predicted octanol–water partition coefficient (Wildman–Crippen LogP) is 1.98. The molecule has 3 heteroatoms. The Morgan fingerprint density at radius 1 is 1.27 bits per heavy atom. The van der Waals surface area contributed by atoms with Crippen LogP contribution in [0.4, 0.5) is 0 Å². The first kappa shape index (κ1) is 12.0. The van der Waals surface area contributed by atoms with E-state index in [1.807, 2.05) is 31.2 Å². The molecule has 0 aliphatic carbocycles. The monoisotopic (exact) mass is 210 g/mol. The molecule has 1 aromatic carbocycles. The molecule has 15 heavy (non-hydrogen) atoms. The molecule has 0 aromatic heterocycles. The summed E-state index contributed by atoms with van der Waals surface area (Å²) in [5.41, 5.74) is 1.08. The molecule has 0 amide bonds. The zero-order chi connectivity index (χ0) is 11.1. The van der Waals surface area contributed by atoms with E-state index in [9.17, 15) is 5.11 Å². The fourth-order valence-corrected chi connectivity index (χ4v) is 1.15. The van der Waals surface area contributed by atoms with E-state index >= 15 is 0 Å². The van der Waals surface area contributed by atoms with E-state index in [2.05, 4.69) is 0 Å². The molecular weight excluding hydrogens is 192 g/mol. The first-order chi connectivity index (χ1) is 7.26. The van der Waals surface area contributed by atoms with Gasteiger partial charge < -0.3 is 14.6 Å². The number of aliphatic hydroxyl groups excluding tert-OH is 1. The molecule has 3 nitrogen and oxygen atoms in total. The zero-order valence-electron chi connectivity index (χ0n) is 9.27. The molecule has 0 bridgehead atoms. The number of ether oxygens (including phenoxy) is 2. The van der Waals surface area contributed by atoms with Gasteiger partial charge in [-0.25, -0.2) is 0 Å². The Morgan fingerprint density at radius 2 is 1.93 bits per heavy atom. The summed E-state index contributed by atoms with van der Waals surface area (Å²) in [6.07, 6.45) is 0.367. The SMILES string of the molecule is CCC(O)COCc1ccc(OC)cc1. The van der Waals surface area contributed by atoms with Crippen molar-refractivity contribution in [2.45, 2.75) is 26.1 Å². The lowest BCUT2D eigenvalue weighted by molar-refractivity contribution is 0.0269. The lowest BCUT2D eigenvalue weighted by atomic mass is 10.2. The highest BCUT2D eigenvalue weighted by Gasteiger charge is 2.00. The minimum absolute atomic E-state index is 0.358. The van der Waals surface area contributed by atoms with Crippen molar-refractivity contribution < 1.29 is 14.6 Å². The number of hydrogen-bond donors (Lipinski definition) is 1. The van der Waals surface area contributed by atoms with Crippen LogP contribution in [0.15, 0.2) is 24.3 Å². The van der Waals surface area contributed by atoms with Crippen LogP contribution in [-0.2, 0) is 11.3 Å². The average Bonchev–Trinajstić information content (AvgIpc) is 2.29. The molecule has 1 unspecified atom stereocenters. The minimum Gasteiger partial charge on any atom is -0.497 e. The summed E-state index contributed by atoms with van der Waals surface area (Å²) in [5, 5.41) is 9.27. The molecule has 1 N–H and O–H groups in total. The summed E-state index contributed by atoms with van der Waals surface area (Å²) in [5.74, 6) is 0.840. The van der Waals surface area contributed by atoms with E-state index in [1.165, 1.54) is 0 Å². The van der Waals surface area contributed by atoms with Gasteiger partial charge in [-0.1, -0.05) is 19.1 Å². The molecule has 1 rings (SSSR count). The maximum atomic E-state index is 9.27. The first-order valence-corrected chi connectivity index (χ1v) is 5.15. The molecular formula is C12H18O3. The van der Waals surface area contributed by atoms with Crippen LogP contribution in [0.25, 0.3) is 0 Å². The topological polar surface area (TPSA) is 38.7 Å². The Kier molecular flexibility index (Phi) is 5.15. The van der Waals surface area contributed by atoms with Crippen LogP contribution in [0.2, 0.25) is 0 Å². The lowest BCUT2D eigenvalue weighted by Crippen LogP contribution is -2.13. The normalized spacial score (nSPS) is 12.5. The standard InChI is InChI=1S/C12H18O3/c1-3-11(13)9-15-8-10-4-6-12(14-2)7-5-10/h4-7,11,13H,3,8-9H2,1-2H3. The third-order valence-electron chi connectivity index (χ3n) is 2.21. The van der Waals surface area contributed by atoms with Crippen molar-refractivity contribution in [2.24, 2.45) is 0 Å². The van der Waals surface area contributed by atoms with Crippen molar-refractivity contribution in [1.82, 2.24) is 0 Å². The van der Waals surface area contributed by atoms with Crippen molar-refractivity contribution in [3.63, 3.8) is 0 Å². The van der Waals surface area contributed by atoms with E-state index in [1.54, 1.807) is 7.11 Å². The lowest BCUT2D eigenvalue weighted by Gasteiger charge is -2.09. The van der Waals surface area contributed by atoms with Crippen LogP contribution in [0.1, 0.15) is 18.9 Å². The van der Waals surface area contributed by atoms with Gasteiger partial charge in [0, 0.05) is 0 Å². The van der Waals surface area contributed by atoms with Crippen LogP contribution >= 0.6 is 0 Å². The number of aliphatic hydroxyl groups is 1. The van der Waals surface area contributed by atoms with Crippen LogP contribution in [0.5, 0.6) is 5.75 Å². The third kappa shape index (κ3) is 4.32. The molecule has 0 saturated heterocycles. The van der Waals surface area contributed by atoms with E-state index in [4.69, 9.17) is 9.47 Å². The van der Waals surface area contributed by atoms with E-state index in [-0.39, 0.29) is 6.10 Å². The van der Waals surface area contributed by atoms with E-state index < -0.39 is 0 Å². The van der Waals surface area contributed by atoms with Crippen LogP contribution in [0, 0.1) is 0 Å². The van der Waals surface area contributed by atoms with Gasteiger partial charge in [0.05, 0.1) is 26.4 Å². The highest BCUT2D eigenvalue weighted by Crippen LogP contribution is 2.11. The molecule has 0 aliphatic rings. The van der Waals surface area contributed by atoms with Gasteiger partial charge in [-0.3, -0.25) is 0 Å². The van der Waals surface area contributed by atoms with Crippen LogP contribution in [0.3, 0.4) is 0 Å². The van der Waals surface area contributed by atoms with Gasteiger partial charge >= 0.3 is 0 Å². The maximum absolute atomic E-state index is 9.27. The molecule has 0 radical (unpaired) electrons. The fourth-order valence-electron chi connectivity index (χ4n) is 1.15. The molecule has 1 aromatic rings. The van der Waals surface area contributed by atoms with Gasteiger partial charge in [0.15, 0.2) is 0 Å². The second kappa shape index (κ2) is 6.43. The molecule has 0 spiro atoms. The van der Waals surface area contributed by atoms with Gasteiger partial charge in [0.2, 0.25) is 0 Å². The Morgan fingerprint density at radius 3 is 2.47 bits per heavy atom. The van der Waals surface area contributed by atoms with Crippen molar-refractivity contribution >= 4 is 0 Å². The largest absolute Gasteiger partial charge is 0.497 e. The number of methoxy groups -OCH3 is 1.